The number of nitrogens with one attached hydrogen (secondary N) is 1. The molecule has 0 aliphatic rings. The third-order valence-corrected chi connectivity index (χ3v) is 3.50. The molecule has 2 N–H and O–H groups in total. The predicted molar refractivity (Wildman–Crippen MR) is 78.5 cm³/mol. The van der Waals surface area contributed by atoms with Crippen LogP contribution >= 0.6 is 15.9 Å². The first-order chi connectivity index (χ1) is 9.43. The minimum Gasteiger partial charge on any atom is -0.396 e. The number of aliphatic hydroxyl groups is 1. The zero-order chi connectivity index (χ0) is 14.8. The number of carbonyl (C=O) groups is 1. The van der Waals surface area contributed by atoms with Gasteiger partial charge in [-0.25, -0.2) is 9.50 Å². The molecule has 0 bridgehead atoms. The van der Waals surface area contributed by atoms with Crippen LogP contribution in [0, 0.1) is 5.41 Å². The molecule has 6 nitrogen and oxygen atoms in total. The molecule has 20 heavy (non-hydrogen) atoms. The Morgan fingerprint density at radius 2 is 2.25 bits per heavy atom. The molecule has 1 amide bonds. The number of hydrogen-bond donors (Lipinski definition) is 2. The molecule has 2 rings (SSSR count). The van der Waals surface area contributed by atoms with Crippen molar-refractivity contribution in [3.8, 4) is 0 Å². The molecule has 0 fully saturated rings. The summed E-state index contributed by atoms with van der Waals surface area (Å²) < 4.78 is 2.35. The quantitative estimate of drug-likeness (QED) is 0.866. The summed E-state index contributed by atoms with van der Waals surface area (Å²) in [7, 11) is 0. The van der Waals surface area contributed by atoms with E-state index in [-0.39, 0.29) is 17.9 Å². The first-order valence-electron chi connectivity index (χ1n) is 6.31. The van der Waals surface area contributed by atoms with Crippen molar-refractivity contribution in [2.24, 2.45) is 5.41 Å². The highest BCUT2D eigenvalue weighted by Gasteiger charge is 2.20. The molecule has 7 heteroatoms. The van der Waals surface area contributed by atoms with E-state index in [0.717, 1.165) is 4.47 Å². The summed E-state index contributed by atoms with van der Waals surface area (Å²) in [5, 5.41) is 15.9. The third-order valence-electron chi connectivity index (χ3n) is 3.09. The fraction of sp³-hybridized carbons (Fsp3) is 0.462. The number of aliphatic hydroxyl groups excluding tert-OH is 1. The van der Waals surface area contributed by atoms with Crippen molar-refractivity contribution in [2.75, 3.05) is 13.2 Å². The van der Waals surface area contributed by atoms with Crippen molar-refractivity contribution < 1.29 is 9.90 Å². The van der Waals surface area contributed by atoms with E-state index in [4.69, 9.17) is 5.11 Å². The number of rotatable bonds is 5. The minimum absolute atomic E-state index is 0.106. The van der Waals surface area contributed by atoms with Gasteiger partial charge in [0.15, 0.2) is 5.65 Å². The van der Waals surface area contributed by atoms with Crippen LogP contribution < -0.4 is 5.32 Å². The first kappa shape index (κ1) is 14.9. The molecule has 0 aromatic carbocycles. The van der Waals surface area contributed by atoms with Crippen LogP contribution in [-0.2, 0) is 0 Å². The Morgan fingerprint density at radius 3 is 2.95 bits per heavy atom. The average Bonchev–Trinajstić information content (AvgIpc) is 2.79. The van der Waals surface area contributed by atoms with Crippen LogP contribution in [0.5, 0.6) is 0 Å². The zero-order valence-electron chi connectivity index (χ0n) is 11.4. The maximum absolute atomic E-state index is 12.2. The van der Waals surface area contributed by atoms with Gasteiger partial charge in [-0.05, 0) is 27.8 Å². The fourth-order valence-electron chi connectivity index (χ4n) is 1.82. The van der Waals surface area contributed by atoms with E-state index in [1.54, 1.807) is 16.9 Å². The first-order valence-corrected chi connectivity index (χ1v) is 7.10. The number of hydrogen-bond acceptors (Lipinski definition) is 4. The van der Waals surface area contributed by atoms with E-state index in [1.165, 1.54) is 6.20 Å². The predicted octanol–water partition coefficient (Wildman–Crippen LogP) is 1.63. The molecular formula is C13H17BrN4O2. The Bertz CT molecular complexity index is 624. The molecule has 2 aromatic heterocycles. The largest absolute Gasteiger partial charge is 0.396 e. The lowest BCUT2D eigenvalue weighted by Crippen LogP contribution is -2.34. The Labute approximate surface area is 125 Å². The number of aromatic nitrogens is 3. The smallest absolute Gasteiger partial charge is 0.256 e. The lowest BCUT2D eigenvalue weighted by Gasteiger charge is -2.23. The summed E-state index contributed by atoms with van der Waals surface area (Å²) in [4.78, 5) is 16.4. The monoisotopic (exact) mass is 340 g/mol. The van der Waals surface area contributed by atoms with Gasteiger partial charge >= 0.3 is 0 Å². The molecule has 0 unspecified atom stereocenters. The molecule has 0 spiro atoms. The standard InChI is InChI=1S/C13H17BrN4O2/c1-13(2,3-4-19)8-16-12(20)10-6-17-18-7-9(14)5-15-11(10)18/h5-7,19H,3-4,8H2,1-2H3,(H,16,20). The lowest BCUT2D eigenvalue weighted by atomic mass is 9.90. The summed E-state index contributed by atoms with van der Waals surface area (Å²) in [5.74, 6) is -0.208. The van der Waals surface area contributed by atoms with Crippen LogP contribution in [0.3, 0.4) is 0 Å². The van der Waals surface area contributed by atoms with Gasteiger partial charge in [0, 0.05) is 25.5 Å². The number of amides is 1. The normalized spacial score (nSPS) is 11.8. The van der Waals surface area contributed by atoms with E-state index in [9.17, 15) is 4.79 Å². The van der Waals surface area contributed by atoms with Gasteiger partial charge in [-0.3, -0.25) is 4.79 Å². The summed E-state index contributed by atoms with van der Waals surface area (Å²) in [6, 6.07) is 0. The van der Waals surface area contributed by atoms with Crippen LogP contribution in [0.1, 0.15) is 30.6 Å². The molecule has 0 saturated carbocycles. The van der Waals surface area contributed by atoms with Crippen molar-refractivity contribution in [3.05, 3.63) is 28.6 Å². The molecule has 0 atom stereocenters. The van der Waals surface area contributed by atoms with Gasteiger partial charge in [-0.15, -0.1) is 0 Å². The molecule has 2 heterocycles. The Morgan fingerprint density at radius 1 is 1.50 bits per heavy atom. The van der Waals surface area contributed by atoms with Crippen LogP contribution in [0.15, 0.2) is 23.1 Å². The van der Waals surface area contributed by atoms with Gasteiger partial charge in [-0.2, -0.15) is 5.10 Å². The highest BCUT2D eigenvalue weighted by atomic mass is 79.9. The number of nitrogens with zero attached hydrogens (tertiary/aromatic N) is 3. The summed E-state index contributed by atoms with van der Waals surface area (Å²) in [6.45, 7) is 4.58. The van der Waals surface area contributed by atoms with Gasteiger partial charge in [0.25, 0.3) is 5.91 Å². The maximum Gasteiger partial charge on any atom is 0.256 e. The molecular weight excluding hydrogens is 324 g/mol. The van der Waals surface area contributed by atoms with Crippen LogP contribution in [0.4, 0.5) is 0 Å². The van der Waals surface area contributed by atoms with Gasteiger partial charge in [0.2, 0.25) is 0 Å². The SMILES string of the molecule is CC(C)(CCO)CNC(=O)c1cnn2cc(Br)cnc12. The molecule has 0 radical (unpaired) electrons. The second kappa shape index (κ2) is 5.88. The summed E-state index contributed by atoms with van der Waals surface area (Å²) in [6.07, 6.45) is 5.51. The van der Waals surface area contributed by atoms with E-state index >= 15 is 0 Å². The van der Waals surface area contributed by atoms with Crippen molar-refractivity contribution in [3.63, 3.8) is 0 Å². The van der Waals surface area contributed by atoms with Crippen LogP contribution in [0.25, 0.3) is 5.65 Å². The maximum atomic E-state index is 12.2. The van der Waals surface area contributed by atoms with Crippen LogP contribution in [0.2, 0.25) is 0 Å². The lowest BCUT2D eigenvalue weighted by molar-refractivity contribution is 0.0929. The van der Waals surface area contributed by atoms with Crippen molar-refractivity contribution in [1.29, 1.82) is 0 Å². The average molecular weight is 341 g/mol. The molecule has 0 saturated heterocycles. The van der Waals surface area contributed by atoms with Gasteiger partial charge in [0.1, 0.15) is 5.56 Å². The van der Waals surface area contributed by atoms with Gasteiger partial charge in [-0.1, -0.05) is 13.8 Å². The highest BCUT2D eigenvalue weighted by molar-refractivity contribution is 9.10. The van der Waals surface area contributed by atoms with Crippen LogP contribution in [-0.4, -0.2) is 38.8 Å². The van der Waals surface area contributed by atoms with E-state index < -0.39 is 0 Å². The third kappa shape index (κ3) is 3.34. The highest BCUT2D eigenvalue weighted by Crippen LogP contribution is 2.18. The summed E-state index contributed by atoms with van der Waals surface area (Å²) in [5.41, 5.74) is 0.812. The van der Waals surface area contributed by atoms with Crippen molar-refractivity contribution in [2.45, 2.75) is 20.3 Å². The second-order valence-electron chi connectivity index (χ2n) is 5.42. The molecule has 108 valence electrons. The Hall–Kier alpha value is -1.47. The van der Waals surface area contributed by atoms with Gasteiger partial charge < -0.3 is 10.4 Å². The topological polar surface area (TPSA) is 79.5 Å². The minimum atomic E-state index is -0.208. The number of carbonyl (C=O) groups excluding carboxylic acids is 1. The van der Waals surface area contributed by atoms with E-state index in [2.05, 4.69) is 31.3 Å². The van der Waals surface area contributed by atoms with Crippen molar-refractivity contribution in [1.82, 2.24) is 19.9 Å². The summed E-state index contributed by atoms with van der Waals surface area (Å²) >= 11 is 3.31. The van der Waals surface area contributed by atoms with E-state index in [0.29, 0.717) is 24.2 Å². The van der Waals surface area contributed by atoms with E-state index in [1.807, 2.05) is 13.8 Å². The van der Waals surface area contributed by atoms with Gasteiger partial charge in [0.05, 0.1) is 10.7 Å². The number of fused-ring (bicyclic) bond motifs is 1. The fourth-order valence-corrected chi connectivity index (χ4v) is 2.11. The Kier molecular flexibility index (Phi) is 4.39. The molecule has 0 aliphatic carbocycles. The molecule has 0 aliphatic heterocycles. The zero-order valence-corrected chi connectivity index (χ0v) is 13.0. The Balaban J connectivity index is 2.12. The second-order valence-corrected chi connectivity index (χ2v) is 6.33. The molecule has 2 aromatic rings. The van der Waals surface area contributed by atoms with Crippen molar-refractivity contribution >= 4 is 27.5 Å². The number of halogens is 1.